The molecular formula is C15H29NO2. The van der Waals surface area contributed by atoms with Crippen molar-refractivity contribution in [1.29, 1.82) is 0 Å². The molecule has 2 heterocycles. The van der Waals surface area contributed by atoms with Crippen LogP contribution in [0.1, 0.15) is 53.4 Å². The zero-order valence-corrected chi connectivity index (χ0v) is 12.4. The van der Waals surface area contributed by atoms with Gasteiger partial charge in [0, 0.05) is 24.6 Å². The van der Waals surface area contributed by atoms with Gasteiger partial charge in [-0.3, -0.25) is 0 Å². The molecule has 2 aliphatic heterocycles. The van der Waals surface area contributed by atoms with Crippen molar-refractivity contribution in [3.8, 4) is 0 Å². The maximum atomic E-state index is 6.02. The number of ether oxygens (including phenoxy) is 2. The van der Waals surface area contributed by atoms with E-state index in [0.29, 0.717) is 24.2 Å². The van der Waals surface area contributed by atoms with Crippen LogP contribution in [0.4, 0.5) is 0 Å². The maximum Gasteiger partial charge on any atom is 0.0876 e. The Labute approximate surface area is 112 Å². The highest BCUT2D eigenvalue weighted by Gasteiger charge is 2.37. The number of rotatable bonds is 3. The van der Waals surface area contributed by atoms with Crippen LogP contribution in [-0.2, 0) is 9.47 Å². The predicted molar refractivity (Wildman–Crippen MR) is 73.8 cm³/mol. The lowest BCUT2D eigenvalue weighted by atomic mass is 9.89. The van der Waals surface area contributed by atoms with Crippen LogP contribution < -0.4 is 5.32 Å². The molecule has 2 saturated heterocycles. The van der Waals surface area contributed by atoms with Gasteiger partial charge in [0.25, 0.3) is 0 Å². The van der Waals surface area contributed by atoms with E-state index in [9.17, 15) is 0 Å². The summed E-state index contributed by atoms with van der Waals surface area (Å²) in [7, 11) is 0. The van der Waals surface area contributed by atoms with E-state index in [4.69, 9.17) is 9.47 Å². The molecule has 3 nitrogen and oxygen atoms in total. The van der Waals surface area contributed by atoms with E-state index in [2.05, 4.69) is 33.0 Å². The highest BCUT2D eigenvalue weighted by Crippen LogP contribution is 2.31. The second-order valence-electron chi connectivity index (χ2n) is 6.93. The molecule has 0 aromatic carbocycles. The van der Waals surface area contributed by atoms with Crippen LogP contribution in [0.5, 0.6) is 0 Å². The number of hydrogen-bond acceptors (Lipinski definition) is 3. The van der Waals surface area contributed by atoms with Crippen molar-refractivity contribution in [3.05, 3.63) is 0 Å². The molecule has 0 aromatic rings. The topological polar surface area (TPSA) is 30.5 Å². The number of hydrogen-bond donors (Lipinski definition) is 1. The van der Waals surface area contributed by atoms with Gasteiger partial charge in [-0.25, -0.2) is 0 Å². The van der Waals surface area contributed by atoms with Gasteiger partial charge >= 0.3 is 0 Å². The largest absolute Gasteiger partial charge is 0.375 e. The van der Waals surface area contributed by atoms with E-state index in [1.165, 1.54) is 19.3 Å². The first-order valence-corrected chi connectivity index (χ1v) is 7.48. The molecule has 0 aliphatic carbocycles. The van der Waals surface area contributed by atoms with Gasteiger partial charge in [0.1, 0.15) is 0 Å². The molecule has 0 radical (unpaired) electrons. The first-order valence-electron chi connectivity index (χ1n) is 7.48. The van der Waals surface area contributed by atoms with Crippen LogP contribution in [0, 0.1) is 5.92 Å². The third-order valence-corrected chi connectivity index (χ3v) is 4.02. The second-order valence-corrected chi connectivity index (χ2v) is 6.93. The van der Waals surface area contributed by atoms with Crippen molar-refractivity contribution in [2.75, 3.05) is 13.2 Å². The molecule has 2 aliphatic rings. The summed E-state index contributed by atoms with van der Waals surface area (Å²) < 4.78 is 12.0. The van der Waals surface area contributed by atoms with E-state index in [1.807, 2.05) is 0 Å². The molecule has 2 fully saturated rings. The summed E-state index contributed by atoms with van der Waals surface area (Å²) in [6.07, 6.45) is 5.85. The van der Waals surface area contributed by atoms with Crippen molar-refractivity contribution in [1.82, 2.24) is 5.32 Å². The first-order chi connectivity index (χ1) is 8.46. The SMILES string of the molecule is CC1CCC(C2OCCCC2CNC(C)(C)C)O1. The molecule has 2 rings (SSSR count). The van der Waals surface area contributed by atoms with E-state index >= 15 is 0 Å². The van der Waals surface area contributed by atoms with Crippen LogP contribution in [-0.4, -0.2) is 37.0 Å². The molecule has 4 atom stereocenters. The van der Waals surface area contributed by atoms with Gasteiger partial charge in [0.05, 0.1) is 18.3 Å². The van der Waals surface area contributed by atoms with E-state index in [1.54, 1.807) is 0 Å². The predicted octanol–water partition coefficient (Wildman–Crippen LogP) is 2.74. The van der Waals surface area contributed by atoms with Crippen LogP contribution in [0.2, 0.25) is 0 Å². The molecule has 0 bridgehead atoms. The molecular weight excluding hydrogens is 226 g/mol. The molecule has 0 spiro atoms. The molecule has 106 valence electrons. The highest BCUT2D eigenvalue weighted by molar-refractivity contribution is 4.88. The lowest BCUT2D eigenvalue weighted by Crippen LogP contribution is -2.47. The van der Waals surface area contributed by atoms with Gasteiger partial charge in [-0.15, -0.1) is 0 Å². The van der Waals surface area contributed by atoms with Gasteiger partial charge in [0.2, 0.25) is 0 Å². The molecule has 3 heteroatoms. The smallest absolute Gasteiger partial charge is 0.0876 e. The standard InChI is InChI=1S/C15H29NO2/c1-11-7-8-13(18-11)14-12(6-5-9-17-14)10-16-15(2,3)4/h11-14,16H,5-10H2,1-4H3. The molecule has 0 amide bonds. The van der Waals surface area contributed by atoms with Crippen LogP contribution in [0.3, 0.4) is 0 Å². The van der Waals surface area contributed by atoms with Gasteiger partial charge in [0.15, 0.2) is 0 Å². The highest BCUT2D eigenvalue weighted by atomic mass is 16.5. The Morgan fingerprint density at radius 2 is 1.94 bits per heavy atom. The minimum absolute atomic E-state index is 0.186. The van der Waals surface area contributed by atoms with E-state index in [0.717, 1.165) is 19.6 Å². The van der Waals surface area contributed by atoms with Crippen molar-refractivity contribution in [3.63, 3.8) is 0 Å². The fourth-order valence-corrected chi connectivity index (χ4v) is 3.01. The molecule has 4 unspecified atom stereocenters. The summed E-state index contributed by atoms with van der Waals surface area (Å²) in [6, 6.07) is 0. The Morgan fingerprint density at radius 3 is 2.56 bits per heavy atom. The third kappa shape index (κ3) is 3.94. The minimum Gasteiger partial charge on any atom is -0.375 e. The summed E-state index contributed by atoms with van der Waals surface area (Å²) in [5.74, 6) is 0.605. The fourth-order valence-electron chi connectivity index (χ4n) is 3.01. The van der Waals surface area contributed by atoms with Crippen LogP contribution in [0.25, 0.3) is 0 Å². The van der Waals surface area contributed by atoms with Crippen LogP contribution in [0.15, 0.2) is 0 Å². The first kappa shape index (κ1) is 14.3. The maximum absolute atomic E-state index is 6.02. The van der Waals surface area contributed by atoms with Gasteiger partial charge < -0.3 is 14.8 Å². The Bertz CT molecular complexity index is 262. The molecule has 0 saturated carbocycles. The normalized spacial score (nSPS) is 38.0. The summed E-state index contributed by atoms with van der Waals surface area (Å²) in [4.78, 5) is 0. The zero-order chi connectivity index (χ0) is 13.2. The third-order valence-electron chi connectivity index (χ3n) is 4.02. The summed E-state index contributed by atoms with van der Waals surface area (Å²) >= 11 is 0. The zero-order valence-electron chi connectivity index (χ0n) is 12.4. The lowest BCUT2D eigenvalue weighted by Gasteiger charge is -2.37. The van der Waals surface area contributed by atoms with Crippen molar-refractivity contribution >= 4 is 0 Å². The average Bonchev–Trinajstić information content (AvgIpc) is 2.72. The molecule has 18 heavy (non-hydrogen) atoms. The Kier molecular flexibility index (Phi) is 4.68. The van der Waals surface area contributed by atoms with Gasteiger partial charge in [-0.1, -0.05) is 0 Å². The van der Waals surface area contributed by atoms with Crippen molar-refractivity contribution in [2.45, 2.75) is 77.2 Å². The van der Waals surface area contributed by atoms with E-state index < -0.39 is 0 Å². The van der Waals surface area contributed by atoms with Crippen LogP contribution >= 0.6 is 0 Å². The average molecular weight is 255 g/mol. The lowest BCUT2D eigenvalue weighted by molar-refractivity contribution is -0.111. The Morgan fingerprint density at radius 1 is 1.17 bits per heavy atom. The van der Waals surface area contributed by atoms with Crippen molar-refractivity contribution in [2.24, 2.45) is 5.92 Å². The molecule has 0 aromatic heterocycles. The van der Waals surface area contributed by atoms with Crippen molar-refractivity contribution < 1.29 is 9.47 Å². The Balaban J connectivity index is 1.89. The number of nitrogens with one attached hydrogen (secondary N) is 1. The van der Waals surface area contributed by atoms with Gasteiger partial charge in [-0.05, 0) is 53.4 Å². The van der Waals surface area contributed by atoms with E-state index in [-0.39, 0.29) is 5.54 Å². The molecule has 1 N–H and O–H groups in total. The summed E-state index contributed by atoms with van der Waals surface area (Å²) in [5.41, 5.74) is 0.186. The summed E-state index contributed by atoms with van der Waals surface area (Å²) in [6.45, 7) is 10.8. The monoisotopic (exact) mass is 255 g/mol. The Hall–Kier alpha value is -0.120. The summed E-state index contributed by atoms with van der Waals surface area (Å²) in [5, 5.41) is 3.62. The fraction of sp³-hybridized carbons (Fsp3) is 1.00. The van der Waals surface area contributed by atoms with Gasteiger partial charge in [-0.2, -0.15) is 0 Å². The minimum atomic E-state index is 0.186. The quantitative estimate of drug-likeness (QED) is 0.841. The second kappa shape index (κ2) is 5.89.